The first-order valence-corrected chi connectivity index (χ1v) is 5.23. The van der Waals surface area contributed by atoms with Gasteiger partial charge in [0.25, 0.3) is 16.0 Å². The lowest BCUT2D eigenvalue weighted by atomic mass is 10.4. The summed E-state index contributed by atoms with van der Waals surface area (Å²) in [6.07, 6.45) is 1.49. The van der Waals surface area contributed by atoms with Gasteiger partial charge in [0.2, 0.25) is 0 Å². The van der Waals surface area contributed by atoms with E-state index in [2.05, 4.69) is 4.98 Å². The molecule has 2 rings (SSSR count). The lowest BCUT2D eigenvalue weighted by molar-refractivity contribution is 0.425. The van der Waals surface area contributed by atoms with Crippen LogP contribution in [0, 0.1) is 0 Å². The first kappa shape index (κ1) is 8.97. The van der Waals surface area contributed by atoms with Gasteiger partial charge in [-0.15, -0.1) is 0 Å². The highest BCUT2D eigenvalue weighted by Crippen LogP contribution is 2.19. The molecule has 0 saturated heterocycles. The average Bonchev–Trinajstić information content (AvgIpc) is 2.44. The Kier molecular flexibility index (Phi) is 1.73. The minimum Gasteiger partial charge on any atom is -0.480 e. The minimum absolute atomic E-state index is 0.257. The fourth-order valence-corrected chi connectivity index (χ4v) is 1.87. The molecule has 0 saturated carbocycles. The lowest BCUT2D eigenvalue weighted by Crippen LogP contribution is -2.12. The van der Waals surface area contributed by atoms with Crippen molar-refractivity contribution in [1.82, 2.24) is 9.38 Å². The summed E-state index contributed by atoms with van der Waals surface area (Å²) in [5.74, 6) is 0. The Labute approximate surface area is 79.7 Å². The fraction of sp³-hybridized carbons (Fsp3) is 0. The van der Waals surface area contributed by atoms with E-state index in [1.165, 1.54) is 16.7 Å². The second-order valence-electron chi connectivity index (χ2n) is 2.72. The molecule has 7 heteroatoms. The molecule has 0 aliphatic heterocycles. The minimum atomic E-state index is -3.90. The monoisotopic (exact) mass is 213 g/mol. The van der Waals surface area contributed by atoms with Gasteiger partial charge in [0.05, 0.1) is 5.52 Å². The number of nitrogens with two attached hydrogens (primary N) is 1. The number of hydrogen-bond acceptors (Lipinski definition) is 4. The Hall–Kier alpha value is -1.60. The van der Waals surface area contributed by atoms with Crippen LogP contribution in [0.15, 0.2) is 29.4 Å². The first-order chi connectivity index (χ1) is 6.50. The number of primary sulfonamides is 1. The Morgan fingerprint density at radius 2 is 2.14 bits per heavy atom. The second-order valence-corrected chi connectivity index (χ2v) is 4.19. The molecule has 0 radical (unpaired) electrons. The van der Waals surface area contributed by atoms with Gasteiger partial charge < -0.3 is 5.11 Å². The van der Waals surface area contributed by atoms with Gasteiger partial charge in [0, 0.05) is 6.20 Å². The van der Waals surface area contributed by atoms with Crippen LogP contribution in [-0.4, -0.2) is 22.9 Å². The third-order valence-corrected chi connectivity index (χ3v) is 2.60. The van der Waals surface area contributed by atoms with E-state index in [9.17, 15) is 13.5 Å². The van der Waals surface area contributed by atoms with Gasteiger partial charge in [-0.3, -0.25) is 4.40 Å². The molecule has 0 fully saturated rings. The number of hydrogen-bond donors (Lipinski definition) is 2. The summed E-state index contributed by atoms with van der Waals surface area (Å²) >= 11 is 0. The predicted octanol–water partition coefficient (Wildman–Crippen LogP) is -0.313. The van der Waals surface area contributed by atoms with Gasteiger partial charge in [-0.2, -0.15) is 4.98 Å². The number of rotatable bonds is 1. The second kappa shape index (κ2) is 2.69. The van der Waals surface area contributed by atoms with Crippen molar-refractivity contribution in [3.05, 3.63) is 24.4 Å². The molecule has 0 unspecified atom stereocenters. The molecule has 0 spiro atoms. The van der Waals surface area contributed by atoms with Crippen LogP contribution < -0.4 is 5.14 Å². The third-order valence-electron chi connectivity index (χ3n) is 1.77. The Balaban J connectivity index is 2.93. The summed E-state index contributed by atoms with van der Waals surface area (Å²) in [6, 6.07) is 4.38. The van der Waals surface area contributed by atoms with E-state index in [0.29, 0.717) is 0 Å². The molecular formula is C7H7N3O3S. The zero-order chi connectivity index (χ0) is 10.3. The highest BCUT2D eigenvalue weighted by Gasteiger charge is 2.18. The fourth-order valence-electron chi connectivity index (χ4n) is 1.20. The maximum atomic E-state index is 11.1. The lowest BCUT2D eigenvalue weighted by Gasteiger charge is -1.93. The zero-order valence-corrected chi connectivity index (χ0v) is 7.77. The van der Waals surface area contributed by atoms with Crippen LogP contribution >= 0.6 is 0 Å². The van der Waals surface area contributed by atoms with E-state index < -0.39 is 16.0 Å². The van der Waals surface area contributed by atoms with Crippen molar-refractivity contribution >= 4 is 15.5 Å². The van der Waals surface area contributed by atoms with Crippen LogP contribution in [0.25, 0.3) is 5.52 Å². The quantitative estimate of drug-likeness (QED) is 0.678. The van der Waals surface area contributed by atoms with Crippen LogP contribution in [0.1, 0.15) is 0 Å². The predicted molar refractivity (Wildman–Crippen MR) is 48.2 cm³/mol. The van der Waals surface area contributed by atoms with Gasteiger partial charge >= 0.3 is 0 Å². The number of sulfonamides is 1. The number of aromatic nitrogens is 2. The standard InChI is InChI=1S/C7H7N3O3S/c8-14(12,13)6-5-3-1-2-4-10(5)7(11)9-6/h1-4H,(H,9,11)(H2,8,12,13). The molecular weight excluding hydrogens is 206 g/mol. The molecule has 0 bridgehead atoms. The summed E-state index contributed by atoms with van der Waals surface area (Å²) in [5, 5.41) is 13.9. The zero-order valence-electron chi connectivity index (χ0n) is 6.95. The number of imidazole rings is 1. The van der Waals surface area contributed by atoms with E-state index in [4.69, 9.17) is 5.14 Å². The SMILES string of the molecule is NS(=O)(=O)c1nc(O)n2ccccc12. The van der Waals surface area contributed by atoms with Crippen molar-refractivity contribution in [3.63, 3.8) is 0 Å². The molecule has 0 aliphatic rings. The van der Waals surface area contributed by atoms with E-state index in [1.807, 2.05) is 0 Å². The normalized spacial score (nSPS) is 12.1. The van der Waals surface area contributed by atoms with Crippen LogP contribution in [0.3, 0.4) is 0 Å². The Morgan fingerprint density at radius 1 is 1.43 bits per heavy atom. The molecule has 2 aromatic rings. The smallest absolute Gasteiger partial charge is 0.299 e. The highest BCUT2D eigenvalue weighted by molar-refractivity contribution is 7.89. The Morgan fingerprint density at radius 3 is 2.79 bits per heavy atom. The van der Waals surface area contributed by atoms with Gasteiger partial charge in [-0.1, -0.05) is 6.07 Å². The molecule has 3 N–H and O–H groups in total. The molecule has 0 amide bonds. The average molecular weight is 213 g/mol. The molecule has 0 aromatic carbocycles. The summed E-state index contributed by atoms with van der Waals surface area (Å²) in [6.45, 7) is 0. The van der Waals surface area contributed by atoms with Gasteiger partial charge in [0.1, 0.15) is 0 Å². The van der Waals surface area contributed by atoms with Crippen molar-refractivity contribution in [2.75, 3.05) is 0 Å². The topological polar surface area (TPSA) is 97.7 Å². The number of nitrogens with zero attached hydrogens (tertiary/aromatic N) is 2. The number of fused-ring (bicyclic) bond motifs is 1. The van der Waals surface area contributed by atoms with Crippen molar-refractivity contribution in [2.45, 2.75) is 5.03 Å². The van der Waals surface area contributed by atoms with Gasteiger partial charge in [0.15, 0.2) is 5.03 Å². The van der Waals surface area contributed by atoms with Crippen molar-refractivity contribution in [1.29, 1.82) is 0 Å². The van der Waals surface area contributed by atoms with E-state index in [0.717, 1.165) is 0 Å². The van der Waals surface area contributed by atoms with Crippen molar-refractivity contribution in [3.8, 4) is 6.01 Å². The van der Waals surface area contributed by atoms with E-state index >= 15 is 0 Å². The van der Waals surface area contributed by atoms with Crippen LogP contribution in [-0.2, 0) is 10.0 Å². The number of pyridine rings is 1. The van der Waals surface area contributed by atoms with Crippen molar-refractivity contribution in [2.24, 2.45) is 5.14 Å². The first-order valence-electron chi connectivity index (χ1n) is 3.69. The molecule has 6 nitrogen and oxygen atoms in total. The van der Waals surface area contributed by atoms with Crippen LogP contribution in [0.2, 0.25) is 0 Å². The van der Waals surface area contributed by atoms with Gasteiger partial charge in [-0.25, -0.2) is 13.6 Å². The molecule has 2 heterocycles. The van der Waals surface area contributed by atoms with E-state index in [-0.39, 0.29) is 10.5 Å². The summed E-state index contributed by atoms with van der Waals surface area (Å²) in [7, 11) is -3.90. The Bertz CT molecular complexity index is 587. The molecule has 0 aliphatic carbocycles. The van der Waals surface area contributed by atoms with Gasteiger partial charge in [-0.05, 0) is 12.1 Å². The highest BCUT2D eigenvalue weighted by atomic mass is 32.2. The molecule has 14 heavy (non-hydrogen) atoms. The maximum Gasteiger partial charge on any atom is 0.299 e. The maximum absolute atomic E-state index is 11.1. The number of aromatic hydroxyl groups is 1. The van der Waals surface area contributed by atoms with Crippen LogP contribution in [0.4, 0.5) is 0 Å². The molecule has 2 aromatic heterocycles. The van der Waals surface area contributed by atoms with E-state index in [1.54, 1.807) is 12.1 Å². The van der Waals surface area contributed by atoms with Crippen LogP contribution in [0.5, 0.6) is 6.01 Å². The summed E-state index contributed by atoms with van der Waals surface area (Å²) in [4.78, 5) is 3.47. The molecule has 0 atom stereocenters. The third kappa shape index (κ3) is 1.22. The largest absolute Gasteiger partial charge is 0.480 e. The molecule has 74 valence electrons. The van der Waals surface area contributed by atoms with Crippen molar-refractivity contribution < 1.29 is 13.5 Å². The summed E-state index contributed by atoms with van der Waals surface area (Å²) in [5.41, 5.74) is 0.257. The summed E-state index contributed by atoms with van der Waals surface area (Å²) < 4.78 is 23.3.